The molecule has 2 bridgehead atoms. The molecule has 3 aliphatic rings. The smallest absolute Gasteiger partial charge is 0.246 e. The first-order valence-electron chi connectivity index (χ1n) is 11.6. The molecule has 0 radical (unpaired) electrons. The Hall–Kier alpha value is -1.97. The summed E-state index contributed by atoms with van der Waals surface area (Å²) in [6.45, 7) is 3.63. The Morgan fingerprint density at radius 1 is 1.30 bits per heavy atom. The van der Waals surface area contributed by atoms with Crippen LogP contribution in [-0.2, 0) is 19.1 Å². The predicted molar refractivity (Wildman–Crippen MR) is 125 cm³/mol. The highest BCUT2D eigenvalue weighted by atomic mass is 79.9. The van der Waals surface area contributed by atoms with Crippen LogP contribution in [-0.4, -0.2) is 70.0 Å². The van der Waals surface area contributed by atoms with Crippen molar-refractivity contribution in [2.45, 2.75) is 67.8 Å². The maximum atomic E-state index is 14.0. The SMILES string of the molecule is CCCC(C)NC(=O)C1N([C@H](CO)c2ccccc2)C(=O)[C@@H]2[C@@H](C(=O)NC)[C@@H]3OC12CC3Br. The first-order chi connectivity index (χ1) is 15.8. The standard InChI is InChI=1S/C24H32BrN3O5/c1-4-8-13(2)27-22(31)20-24-11-15(25)19(33-24)17(21(30)26-3)18(24)23(32)28(20)16(12-29)14-9-6-5-7-10-14/h5-7,9-10,13,15-20,29H,4,8,11-12H2,1-3H3,(H,26,30)(H,27,31)/t13?,15?,16-,17-,18+,19-,20?,24?/m1/s1. The summed E-state index contributed by atoms with van der Waals surface area (Å²) >= 11 is 3.64. The molecular weight excluding hydrogens is 490 g/mol. The highest BCUT2D eigenvalue weighted by Crippen LogP contribution is 2.61. The highest BCUT2D eigenvalue weighted by Gasteiger charge is 2.77. The average Bonchev–Trinajstić information content (AvgIpc) is 3.38. The Labute approximate surface area is 202 Å². The quantitative estimate of drug-likeness (QED) is 0.449. The minimum atomic E-state index is -1.13. The summed E-state index contributed by atoms with van der Waals surface area (Å²) in [6, 6.07) is 7.43. The van der Waals surface area contributed by atoms with Crippen LogP contribution in [0.3, 0.4) is 0 Å². The first-order valence-corrected chi connectivity index (χ1v) is 12.5. The zero-order valence-electron chi connectivity index (χ0n) is 19.2. The molecule has 8 nitrogen and oxygen atoms in total. The largest absolute Gasteiger partial charge is 0.394 e. The van der Waals surface area contributed by atoms with Gasteiger partial charge in [-0.1, -0.05) is 59.6 Å². The number of carbonyl (C=O) groups excluding carboxylic acids is 3. The number of aliphatic hydroxyl groups excluding tert-OH is 1. The lowest BCUT2D eigenvalue weighted by Gasteiger charge is -2.37. The van der Waals surface area contributed by atoms with Crippen molar-refractivity contribution in [1.82, 2.24) is 15.5 Å². The number of nitrogens with zero attached hydrogens (tertiary/aromatic N) is 1. The summed E-state index contributed by atoms with van der Waals surface area (Å²) in [6.07, 6.45) is 1.66. The molecule has 3 saturated heterocycles. The van der Waals surface area contributed by atoms with Gasteiger partial charge in [-0.15, -0.1) is 0 Å². The molecule has 0 aromatic heterocycles. The van der Waals surface area contributed by atoms with Crippen molar-refractivity contribution in [2.75, 3.05) is 13.7 Å². The van der Waals surface area contributed by atoms with Gasteiger partial charge >= 0.3 is 0 Å². The van der Waals surface area contributed by atoms with Gasteiger partial charge in [0.05, 0.1) is 30.6 Å². The topological polar surface area (TPSA) is 108 Å². The van der Waals surface area contributed by atoms with E-state index in [0.717, 1.165) is 18.4 Å². The van der Waals surface area contributed by atoms with E-state index in [4.69, 9.17) is 4.74 Å². The van der Waals surface area contributed by atoms with Crippen molar-refractivity contribution in [3.63, 3.8) is 0 Å². The van der Waals surface area contributed by atoms with Crippen molar-refractivity contribution in [2.24, 2.45) is 11.8 Å². The van der Waals surface area contributed by atoms with Gasteiger partial charge in [0.25, 0.3) is 0 Å². The lowest BCUT2D eigenvalue weighted by molar-refractivity contribution is -0.146. The van der Waals surface area contributed by atoms with Gasteiger partial charge in [-0.25, -0.2) is 0 Å². The summed E-state index contributed by atoms with van der Waals surface area (Å²) in [7, 11) is 1.54. The van der Waals surface area contributed by atoms with E-state index in [2.05, 4.69) is 26.6 Å². The van der Waals surface area contributed by atoms with Crippen molar-refractivity contribution in [3.05, 3.63) is 35.9 Å². The van der Waals surface area contributed by atoms with Gasteiger partial charge in [-0.05, 0) is 25.3 Å². The molecule has 1 aromatic rings. The summed E-state index contributed by atoms with van der Waals surface area (Å²) in [4.78, 5) is 41.9. The molecule has 3 aliphatic heterocycles. The monoisotopic (exact) mass is 521 g/mol. The maximum Gasteiger partial charge on any atom is 0.246 e. The van der Waals surface area contributed by atoms with E-state index in [0.29, 0.717) is 6.42 Å². The Bertz CT molecular complexity index is 915. The van der Waals surface area contributed by atoms with E-state index in [1.165, 1.54) is 4.90 Å². The maximum absolute atomic E-state index is 14.0. The predicted octanol–water partition coefficient (Wildman–Crippen LogP) is 1.52. The normalized spacial score (nSPS) is 34.2. The van der Waals surface area contributed by atoms with E-state index < -0.39 is 35.6 Å². The van der Waals surface area contributed by atoms with Crippen molar-refractivity contribution < 1.29 is 24.2 Å². The van der Waals surface area contributed by atoms with Gasteiger partial charge in [0.1, 0.15) is 11.6 Å². The summed E-state index contributed by atoms with van der Waals surface area (Å²) in [5.74, 6) is -2.39. The molecule has 4 unspecified atom stereocenters. The Kier molecular flexibility index (Phi) is 6.85. The number of nitrogens with one attached hydrogen (secondary N) is 2. The van der Waals surface area contributed by atoms with E-state index in [-0.39, 0.29) is 35.2 Å². The number of rotatable bonds is 8. The van der Waals surface area contributed by atoms with Crippen LogP contribution in [0.2, 0.25) is 0 Å². The van der Waals surface area contributed by atoms with Crippen LogP contribution in [0.15, 0.2) is 30.3 Å². The zero-order valence-corrected chi connectivity index (χ0v) is 20.7. The van der Waals surface area contributed by atoms with Gasteiger partial charge in [0.15, 0.2) is 0 Å². The molecule has 4 rings (SSSR count). The van der Waals surface area contributed by atoms with Gasteiger partial charge in [-0.3, -0.25) is 14.4 Å². The summed E-state index contributed by atoms with van der Waals surface area (Å²) in [5, 5.41) is 16.1. The number of hydrogen-bond donors (Lipinski definition) is 3. The number of fused-ring (bicyclic) bond motifs is 1. The molecular formula is C24H32BrN3O5. The van der Waals surface area contributed by atoms with Gasteiger partial charge in [0.2, 0.25) is 17.7 Å². The molecule has 33 heavy (non-hydrogen) atoms. The minimum absolute atomic E-state index is 0.0766. The molecule has 3 N–H and O–H groups in total. The number of ether oxygens (including phenoxy) is 1. The number of carbonyl (C=O) groups is 3. The second-order valence-electron chi connectivity index (χ2n) is 9.33. The third-order valence-electron chi connectivity index (χ3n) is 7.33. The van der Waals surface area contributed by atoms with Crippen LogP contribution in [0.25, 0.3) is 0 Å². The molecule has 1 spiro atoms. The van der Waals surface area contributed by atoms with Crippen LogP contribution in [0, 0.1) is 11.8 Å². The molecule has 0 saturated carbocycles. The van der Waals surface area contributed by atoms with E-state index >= 15 is 0 Å². The van der Waals surface area contributed by atoms with Crippen LogP contribution in [0.4, 0.5) is 0 Å². The van der Waals surface area contributed by atoms with Crippen LogP contribution >= 0.6 is 15.9 Å². The second-order valence-corrected chi connectivity index (χ2v) is 10.5. The van der Waals surface area contributed by atoms with Crippen molar-refractivity contribution in [3.8, 4) is 0 Å². The lowest BCUT2D eigenvalue weighted by atomic mass is 9.70. The van der Waals surface area contributed by atoms with Crippen LogP contribution in [0.1, 0.15) is 44.7 Å². The number of aliphatic hydroxyl groups is 1. The highest BCUT2D eigenvalue weighted by molar-refractivity contribution is 9.09. The number of amides is 3. The van der Waals surface area contributed by atoms with Crippen LogP contribution in [0.5, 0.6) is 0 Å². The number of halogens is 1. The average molecular weight is 522 g/mol. The second kappa shape index (κ2) is 9.35. The molecule has 180 valence electrons. The number of hydrogen-bond acceptors (Lipinski definition) is 5. The van der Waals surface area contributed by atoms with Gasteiger partial charge in [-0.2, -0.15) is 0 Å². The molecule has 3 heterocycles. The third kappa shape index (κ3) is 3.78. The fourth-order valence-electron chi connectivity index (χ4n) is 6.03. The molecule has 9 heteroatoms. The van der Waals surface area contributed by atoms with Crippen LogP contribution < -0.4 is 10.6 Å². The fourth-order valence-corrected chi connectivity index (χ4v) is 6.97. The van der Waals surface area contributed by atoms with E-state index in [1.54, 1.807) is 7.05 Å². The minimum Gasteiger partial charge on any atom is -0.394 e. The van der Waals surface area contributed by atoms with Gasteiger partial charge < -0.3 is 25.4 Å². The molecule has 1 aromatic carbocycles. The summed E-state index contributed by atoms with van der Waals surface area (Å²) in [5.41, 5.74) is -0.406. The molecule has 3 fully saturated rings. The Morgan fingerprint density at radius 3 is 2.61 bits per heavy atom. The fraction of sp³-hybridized carbons (Fsp3) is 0.625. The molecule has 8 atom stereocenters. The van der Waals surface area contributed by atoms with E-state index in [9.17, 15) is 19.5 Å². The third-order valence-corrected chi connectivity index (χ3v) is 8.17. The number of benzene rings is 1. The zero-order chi connectivity index (χ0) is 23.9. The number of likely N-dealkylation sites (tertiary alicyclic amines) is 1. The Morgan fingerprint density at radius 2 is 2.00 bits per heavy atom. The van der Waals surface area contributed by atoms with Gasteiger partial charge in [0, 0.05) is 17.9 Å². The lowest BCUT2D eigenvalue weighted by Crippen LogP contribution is -2.57. The summed E-state index contributed by atoms with van der Waals surface area (Å²) < 4.78 is 6.43. The molecule has 0 aliphatic carbocycles. The van der Waals surface area contributed by atoms with Crippen molar-refractivity contribution in [1.29, 1.82) is 0 Å². The number of alkyl halides is 1. The first kappa shape index (κ1) is 24.2. The molecule has 3 amide bonds. The van der Waals surface area contributed by atoms with E-state index in [1.807, 2.05) is 44.2 Å². The van der Waals surface area contributed by atoms with Crippen molar-refractivity contribution >= 4 is 33.7 Å². The Balaban J connectivity index is 1.80.